The molecular weight excluding hydrogens is 224 g/mol. The van der Waals surface area contributed by atoms with Gasteiger partial charge in [-0.25, -0.2) is 4.79 Å². The summed E-state index contributed by atoms with van der Waals surface area (Å²) in [5, 5.41) is 8.73. The summed E-state index contributed by atoms with van der Waals surface area (Å²) in [4.78, 5) is 21.8. The van der Waals surface area contributed by atoms with Crippen molar-refractivity contribution in [3.63, 3.8) is 0 Å². The van der Waals surface area contributed by atoms with Crippen molar-refractivity contribution in [1.82, 2.24) is 0 Å². The van der Waals surface area contributed by atoms with Crippen LogP contribution in [-0.2, 0) is 4.79 Å². The third-order valence-electron chi connectivity index (χ3n) is 2.22. The molecule has 5 nitrogen and oxygen atoms in total. The molecular formula is C12H14O5. The molecule has 0 saturated carbocycles. The van der Waals surface area contributed by atoms with E-state index < -0.39 is 12.1 Å². The number of hydrogen-bond acceptors (Lipinski definition) is 4. The summed E-state index contributed by atoms with van der Waals surface area (Å²) >= 11 is 0. The van der Waals surface area contributed by atoms with Crippen LogP contribution >= 0.6 is 0 Å². The monoisotopic (exact) mass is 238 g/mol. The Hall–Kier alpha value is -2.04. The van der Waals surface area contributed by atoms with Crippen LogP contribution in [0, 0.1) is 0 Å². The van der Waals surface area contributed by atoms with Gasteiger partial charge in [-0.15, -0.1) is 0 Å². The first-order valence-electron chi connectivity index (χ1n) is 5.04. The molecule has 0 unspecified atom stereocenters. The summed E-state index contributed by atoms with van der Waals surface area (Å²) in [5.41, 5.74) is 0.483. The second-order valence-electron chi connectivity index (χ2n) is 3.52. The van der Waals surface area contributed by atoms with Crippen molar-refractivity contribution in [2.75, 3.05) is 7.11 Å². The Labute approximate surface area is 99.0 Å². The molecule has 0 bridgehead atoms. The maximum absolute atomic E-state index is 11.2. The van der Waals surface area contributed by atoms with Gasteiger partial charge in [0.05, 0.1) is 7.11 Å². The van der Waals surface area contributed by atoms with E-state index in [-0.39, 0.29) is 5.78 Å². The van der Waals surface area contributed by atoms with Crippen LogP contribution in [0.2, 0.25) is 0 Å². The minimum atomic E-state index is -1.07. The maximum Gasteiger partial charge on any atom is 0.344 e. The van der Waals surface area contributed by atoms with Crippen LogP contribution in [0.15, 0.2) is 18.2 Å². The van der Waals surface area contributed by atoms with E-state index in [1.807, 2.05) is 0 Å². The number of ketones is 1. The Morgan fingerprint density at radius 3 is 2.41 bits per heavy atom. The maximum atomic E-state index is 11.2. The molecule has 1 aromatic rings. The lowest BCUT2D eigenvalue weighted by molar-refractivity contribution is -0.144. The molecule has 17 heavy (non-hydrogen) atoms. The van der Waals surface area contributed by atoms with Crippen molar-refractivity contribution in [3.8, 4) is 11.5 Å². The number of carbonyl (C=O) groups excluding carboxylic acids is 1. The lowest BCUT2D eigenvalue weighted by atomic mass is 10.1. The number of carbonyl (C=O) groups is 2. The molecule has 0 saturated heterocycles. The molecule has 0 amide bonds. The fourth-order valence-corrected chi connectivity index (χ4v) is 1.22. The largest absolute Gasteiger partial charge is 0.493 e. The zero-order valence-electron chi connectivity index (χ0n) is 9.89. The molecule has 1 rings (SSSR count). The minimum absolute atomic E-state index is 0.0962. The van der Waals surface area contributed by atoms with Crippen LogP contribution in [0.3, 0.4) is 0 Å². The Balaban J connectivity index is 3.00. The predicted octanol–water partition coefficient (Wildman–Crippen LogP) is 1.75. The Bertz CT molecular complexity index is 439. The second kappa shape index (κ2) is 5.34. The number of methoxy groups -OCH3 is 1. The quantitative estimate of drug-likeness (QED) is 0.791. The lowest BCUT2D eigenvalue weighted by Gasteiger charge is -2.14. The lowest BCUT2D eigenvalue weighted by Crippen LogP contribution is -2.23. The van der Waals surface area contributed by atoms with E-state index in [9.17, 15) is 9.59 Å². The summed E-state index contributed by atoms with van der Waals surface area (Å²) < 4.78 is 10.2. The van der Waals surface area contributed by atoms with E-state index in [0.717, 1.165) is 0 Å². The van der Waals surface area contributed by atoms with Crippen molar-refractivity contribution < 1.29 is 24.2 Å². The molecule has 0 aliphatic carbocycles. The van der Waals surface area contributed by atoms with Crippen LogP contribution in [0.4, 0.5) is 0 Å². The Morgan fingerprint density at radius 1 is 1.29 bits per heavy atom. The summed E-state index contributed by atoms with van der Waals surface area (Å²) in [5.74, 6) is -0.526. The number of benzene rings is 1. The number of carboxylic acids is 1. The number of carboxylic acid groups (broad SMARTS) is 1. The van der Waals surface area contributed by atoms with Crippen LogP contribution in [0.25, 0.3) is 0 Å². The van der Waals surface area contributed by atoms with Crippen LogP contribution in [0.5, 0.6) is 11.5 Å². The molecule has 1 aromatic carbocycles. The smallest absolute Gasteiger partial charge is 0.344 e. The number of ether oxygens (including phenoxy) is 2. The van der Waals surface area contributed by atoms with Crippen LogP contribution in [-0.4, -0.2) is 30.1 Å². The van der Waals surface area contributed by atoms with Gasteiger partial charge >= 0.3 is 5.97 Å². The average molecular weight is 238 g/mol. The van der Waals surface area contributed by atoms with Gasteiger partial charge in [0.25, 0.3) is 0 Å². The van der Waals surface area contributed by atoms with E-state index in [1.165, 1.54) is 33.1 Å². The second-order valence-corrected chi connectivity index (χ2v) is 3.52. The van der Waals surface area contributed by atoms with Gasteiger partial charge < -0.3 is 14.6 Å². The molecule has 0 spiro atoms. The van der Waals surface area contributed by atoms with E-state index in [1.54, 1.807) is 6.07 Å². The first-order chi connectivity index (χ1) is 7.95. The molecule has 0 aliphatic heterocycles. The van der Waals surface area contributed by atoms with Crippen molar-refractivity contribution in [2.45, 2.75) is 20.0 Å². The van der Waals surface area contributed by atoms with E-state index in [0.29, 0.717) is 17.1 Å². The van der Waals surface area contributed by atoms with Gasteiger partial charge in [-0.05, 0) is 32.0 Å². The van der Waals surface area contributed by atoms with Crippen LogP contribution in [0.1, 0.15) is 24.2 Å². The van der Waals surface area contributed by atoms with Gasteiger partial charge in [-0.3, -0.25) is 4.79 Å². The van der Waals surface area contributed by atoms with Gasteiger partial charge in [0, 0.05) is 5.56 Å². The van der Waals surface area contributed by atoms with Gasteiger partial charge in [0.1, 0.15) is 0 Å². The molecule has 0 radical (unpaired) electrons. The molecule has 0 heterocycles. The molecule has 1 N–H and O–H groups in total. The third-order valence-corrected chi connectivity index (χ3v) is 2.22. The van der Waals surface area contributed by atoms with Gasteiger partial charge in [0.15, 0.2) is 23.4 Å². The summed E-state index contributed by atoms with van der Waals surface area (Å²) in [7, 11) is 1.43. The standard InChI is InChI=1S/C12H14O5/c1-7(13)9-4-5-10(11(6-9)16-3)17-8(2)12(14)15/h4-6,8H,1-3H3,(H,14,15)/t8-/m0/s1. The SMILES string of the molecule is COc1cc(C(C)=O)ccc1O[C@@H](C)C(=O)O. The van der Waals surface area contributed by atoms with Gasteiger partial charge in [-0.2, -0.15) is 0 Å². The summed E-state index contributed by atoms with van der Waals surface area (Å²) in [6, 6.07) is 4.61. The number of hydrogen-bond donors (Lipinski definition) is 1. The summed E-state index contributed by atoms with van der Waals surface area (Å²) in [6.45, 7) is 2.86. The highest BCUT2D eigenvalue weighted by molar-refractivity contribution is 5.94. The van der Waals surface area contributed by atoms with Gasteiger partial charge in [-0.1, -0.05) is 0 Å². The van der Waals surface area contributed by atoms with Gasteiger partial charge in [0.2, 0.25) is 0 Å². The topological polar surface area (TPSA) is 72.8 Å². The highest BCUT2D eigenvalue weighted by Gasteiger charge is 2.16. The molecule has 0 fully saturated rings. The third kappa shape index (κ3) is 3.21. The normalized spacial score (nSPS) is 11.7. The minimum Gasteiger partial charge on any atom is -0.493 e. The highest BCUT2D eigenvalue weighted by atomic mass is 16.5. The molecule has 5 heteroatoms. The Morgan fingerprint density at radius 2 is 1.94 bits per heavy atom. The average Bonchev–Trinajstić information content (AvgIpc) is 2.28. The number of Topliss-reactive ketones (excluding diaryl/α,β-unsaturated/α-hetero) is 1. The fraction of sp³-hybridized carbons (Fsp3) is 0.333. The fourth-order valence-electron chi connectivity index (χ4n) is 1.22. The molecule has 0 aromatic heterocycles. The molecule has 92 valence electrons. The zero-order valence-corrected chi connectivity index (χ0v) is 9.89. The first kappa shape index (κ1) is 13.0. The van der Waals surface area contributed by atoms with E-state index in [2.05, 4.69) is 0 Å². The van der Waals surface area contributed by atoms with Crippen molar-refractivity contribution in [1.29, 1.82) is 0 Å². The Kier molecular flexibility index (Phi) is 4.09. The van der Waals surface area contributed by atoms with Crippen molar-refractivity contribution >= 4 is 11.8 Å². The number of aliphatic carboxylic acids is 1. The zero-order chi connectivity index (χ0) is 13.0. The molecule has 1 atom stereocenters. The van der Waals surface area contributed by atoms with E-state index >= 15 is 0 Å². The first-order valence-corrected chi connectivity index (χ1v) is 5.04. The van der Waals surface area contributed by atoms with Crippen LogP contribution < -0.4 is 9.47 Å². The molecule has 0 aliphatic rings. The van der Waals surface area contributed by atoms with E-state index in [4.69, 9.17) is 14.6 Å². The van der Waals surface area contributed by atoms with Crippen molar-refractivity contribution in [2.24, 2.45) is 0 Å². The summed E-state index contributed by atoms with van der Waals surface area (Å²) in [6.07, 6.45) is -0.980. The van der Waals surface area contributed by atoms with Crippen molar-refractivity contribution in [3.05, 3.63) is 23.8 Å². The highest BCUT2D eigenvalue weighted by Crippen LogP contribution is 2.29. The predicted molar refractivity (Wildman–Crippen MR) is 60.7 cm³/mol. The number of rotatable bonds is 5.